The minimum Gasteiger partial charge on any atom is -0.467 e. The fourth-order valence-electron chi connectivity index (χ4n) is 4.90. The molecule has 0 aromatic heterocycles. The summed E-state index contributed by atoms with van der Waals surface area (Å²) in [5, 5.41) is 19.6. The van der Waals surface area contributed by atoms with Crippen LogP contribution in [0.3, 0.4) is 0 Å². The third-order valence-electron chi connectivity index (χ3n) is 7.18. The maximum atomic E-state index is 13.1. The van der Waals surface area contributed by atoms with E-state index in [1.54, 1.807) is 0 Å². The first-order chi connectivity index (χ1) is 24.0. The molecule has 2 amide bonds. The molecule has 1 atom stereocenters. The van der Waals surface area contributed by atoms with Crippen molar-refractivity contribution in [1.82, 2.24) is 10.6 Å². The molecule has 1 aliphatic rings. The Hall–Kier alpha value is -4.16. The second-order valence-corrected chi connectivity index (χ2v) is 14.1. The van der Waals surface area contributed by atoms with E-state index >= 15 is 0 Å². The Bertz CT molecular complexity index is 1680. The van der Waals surface area contributed by atoms with Gasteiger partial charge < -0.3 is 39.9 Å². The molecule has 5 N–H and O–H groups in total. The van der Waals surface area contributed by atoms with Crippen LogP contribution in [-0.4, -0.2) is 91.1 Å². The Labute approximate surface area is 294 Å². The molecule has 0 fully saturated rings. The molecule has 0 saturated heterocycles. The van der Waals surface area contributed by atoms with Crippen molar-refractivity contribution in [2.75, 3.05) is 57.7 Å². The molecule has 0 saturated carbocycles. The maximum Gasteiger partial charge on any atom is 0.469 e. The third-order valence-corrected chi connectivity index (χ3v) is 10.1. The Morgan fingerprint density at radius 1 is 1.00 bits per heavy atom. The van der Waals surface area contributed by atoms with E-state index in [0.717, 1.165) is 43.8 Å². The number of hydrogen-bond donors (Lipinski definition) is 5. The highest BCUT2D eigenvalue weighted by molar-refractivity contribution is 8.76. The number of fused-ring (bicyclic) bond motifs is 3. The normalized spacial score (nSPS) is 12.7. The number of benzene rings is 3. The number of carbonyl (C=O) groups is 3. The van der Waals surface area contributed by atoms with E-state index in [0.29, 0.717) is 10.6 Å². The predicted molar refractivity (Wildman–Crippen MR) is 186 cm³/mol. The smallest absolute Gasteiger partial charge is 0.467 e. The molecule has 3 aromatic rings. The summed E-state index contributed by atoms with van der Waals surface area (Å²) in [6.45, 7) is -0.581. The molecule has 4 rings (SSSR count). The van der Waals surface area contributed by atoms with Gasteiger partial charge in [0.15, 0.2) is 0 Å². The lowest BCUT2D eigenvalue weighted by Gasteiger charge is -2.20. The second-order valence-electron chi connectivity index (χ2n) is 10.5. The lowest BCUT2D eigenvalue weighted by atomic mass is 9.98. The van der Waals surface area contributed by atoms with Crippen molar-refractivity contribution in [3.63, 3.8) is 0 Å². The minimum atomic E-state index is -4.75. The molecule has 0 bridgehead atoms. The van der Waals surface area contributed by atoms with E-state index < -0.39 is 43.4 Å². The van der Waals surface area contributed by atoms with Crippen molar-refractivity contribution in [1.29, 1.82) is 0 Å². The number of hydrogen-bond acceptors (Lipinski definition) is 13. The zero-order valence-electron chi connectivity index (χ0n) is 26.6. The molecule has 268 valence electrons. The molecule has 50 heavy (non-hydrogen) atoms. The Morgan fingerprint density at radius 2 is 1.68 bits per heavy atom. The summed E-state index contributed by atoms with van der Waals surface area (Å²) >= 11 is 0. The van der Waals surface area contributed by atoms with Gasteiger partial charge in [-0.05, 0) is 28.3 Å². The molecule has 3 aromatic carbocycles. The third kappa shape index (κ3) is 11.4. The number of nitrogens with zero attached hydrogens (tertiary/aromatic N) is 1. The monoisotopic (exact) mass is 750 g/mol. The standard InChI is InChI=1S/C31H35N4O12PS2/c1-44-29(36)18-45-14-12-32-26-11-10-20(35(39)40)16-28(26)50-49-19-27(30(37)33-13-15-47-48(41,42)43)34-31(38)46-17-25-23-8-4-2-6-21(23)22-7-3-5-9-24(22)25/h2-11,16,25,27,32H,12-15,17-19H2,1H3,(H,33,37)(H,34,38)(H2,41,42,43). The van der Waals surface area contributed by atoms with Crippen molar-refractivity contribution >= 4 is 58.8 Å². The van der Waals surface area contributed by atoms with E-state index in [1.807, 2.05) is 48.5 Å². The summed E-state index contributed by atoms with van der Waals surface area (Å²) in [5.41, 5.74) is 4.45. The molecule has 0 spiro atoms. The molecule has 1 aliphatic carbocycles. The number of anilines is 1. The van der Waals surface area contributed by atoms with Gasteiger partial charge in [0.1, 0.15) is 19.3 Å². The zero-order valence-corrected chi connectivity index (χ0v) is 29.2. The van der Waals surface area contributed by atoms with Crippen LogP contribution in [0.5, 0.6) is 0 Å². The summed E-state index contributed by atoms with van der Waals surface area (Å²) in [7, 11) is -1.29. The van der Waals surface area contributed by atoms with Crippen molar-refractivity contribution in [2.45, 2.75) is 16.9 Å². The second kappa shape index (κ2) is 18.7. The van der Waals surface area contributed by atoms with E-state index in [4.69, 9.17) is 19.3 Å². The number of nitro groups is 1. The first-order valence-electron chi connectivity index (χ1n) is 15.0. The number of esters is 1. The van der Waals surface area contributed by atoms with Crippen LogP contribution in [0, 0.1) is 10.1 Å². The average Bonchev–Trinajstić information content (AvgIpc) is 3.41. The fourth-order valence-corrected chi connectivity index (χ4v) is 7.61. The summed E-state index contributed by atoms with van der Waals surface area (Å²) in [5.74, 6) is -1.47. The number of amides is 2. The van der Waals surface area contributed by atoms with Crippen LogP contribution in [0.15, 0.2) is 71.6 Å². The number of phosphoric acid groups is 1. The van der Waals surface area contributed by atoms with Crippen molar-refractivity contribution in [2.24, 2.45) is 0 Å². The van der Waals surface area contributed by atoms with Gasteiger partial charge in [-0.25, -0.2) is 14.2 Å². The lowest BCUT2D eigenvalue weighted by Crippen LogP contribution is -2.49. The number of alkyl carbamates (subject to hydrolysis) is 1. The average molecular weight is 751 g/mol. The highest BCUT2D eigenvalue weighted by Crippen LogP contribution is 2.44. The number of nitrogens with one attached hydrogen (secondary N) is 3. The van der Waals surface area contributed by atoms with Crippen LogP contribution in [0.1, 0.15) is 17.0 Å². The molecule has 0 radical (unpaired) electrons. The maximum absolute atomic E-state index is 13.1. The number of rotatable bonds is 19. The SMILES string of the molecule is COC(=O)COCCNc1ccc([N+](=O)[O-])cc1SSCC(NC(=O)OCC1c2ccccc2-c2ccccc21)C(=O)NCCOP(=O)(O)O. The zero-order chi connectivity index (χ0) is 36.1. The molecular weight excluding hydrogens is 715 g/mol. The number of ether oxygens (including phenoxy) is 3. The molecule has 0 aliphatic heterocycles. The van der Waals surface area contributed by atoms with E-state index in [1.165, 1.54) is 25.3 Å². The van der Waals surface area contributed by atoms with Crippen LogP contribution in [0.2, 0.25) is 0 Å². The number of methoxy groups -OCH3 is 1. The number of non-ortho nitro benzene ring substituents is 1. The van der Waals surface area contributed by atoms with Gasteiger partial charge in [-0.1, -0.05) is 70.1 Å². The molecule has 0 heterocycles. The van der Waals surface area contributed by atoms with Gasteiger partial charge in [0, 0.05) is 47.5 Å². The topological polar surface area (TPSA) is 225 Å². The molecular formula is C31H35N4O12PS2. The number of nitro benzene ring substituents is 1. The van der Waals surface area contributed by atoms with Crippen LogP contribution in [-0.2, 0) is 32.9 Å². The van der Waals surface area contributed by atoms with Crippen LogP contribution < -0.4 is 16.0 Å². The Kier molecular flexibility index (Phi) is 14.5. The summed E-state index contributed by atoms with van der Waals surface area (Å²) < 4.78 is 30.7. The lowest BCUT2D eigenvalue weighted by molar-refractivity contribution is -0.385. The highest BCUT2D eigenvalue weighted by Gasteiger charge is 2.30. The van der Waals surface area contributed by atoms with Crippen LogP contribution in [0.4, 0.5) is 16.2 Å². The van der Waals surface area contributed by atoms with Crippen LogP contribution >= 0.6 is 29.4 Å². The fraction of sp³-hybridized carbons (Fsp3) is 0.323. The van der Waals surface area contributed by atoms with Crippen LogP contribution in [0.25, 0.3) is 11.1 Å². The summed E-state index contributed by atoms with van der Waals surface area (Å²) in [4.78, 5) is 66.6. The molecule has 19 heteroatoms. The molecule has 16 nitrogen and oxygen atoms in total. The van der Waals surface area contributed by atoms with Gasteiger partial charge in [0.05, 0.1) is 25.2 Å². The van der Waals surface area contributed by atoms with E-state index in [-0.39, 0.29) is 50.3 Å². The van der Waals surface area contributed by atoms with Crippen molar-refractivity contribution < 1.29 is 52.4 Å². The van der Waals surface area contributed by atoms with Gasteiger partial charge in [-0.3, -0.25) is 19.4 Å². The van der Waals surface area contributed by atoms with Gasteiger partial charge in [-0.15, -0.1) is 0 Å². The molecule has 1 unspecified atom stereocenters. The van der Waals surface area contributed by atoms with Gasteiger partial charge >= 0.3 is 19.9 Å². The minimum absolute atomic E-state index is 0.00171. The highest BCUT2D eigenvalue weighted by atomic mass is 33.1. The largest absolute Gasteiger partial charge is 0.469 e. The first-order valence-corrected chi connectivity index (χ1v) is 18.9. The van der Waals surface area contributed by atoms with E-state index in [2.05, 4.69) is 25.2 Å². The number of phosphoric ester groups is 1. The summed E-state index contributed by atoms with van der Waals surface area (Å²) in [6.07, 6.45) is -0.867. The Balaban J connectivity index is 1.40. The number of carbonyl (C=O) groups excluding carboxylic acids is 3. The summed E-state index contributed by atoms with van der Waals surface area (Å²) in [6, 6.07) is 18.6. The Morgan fingerprint density at radius 3 is 2.32 bits per heavy atom. The van der Waals surface area contributed by atoms with Gasteiger partial charge in [-0.2, -0.15) is 0 Å². The van der Waals surface area contributed by atoms with Gasteiger partial charge in [0.2, 0.25) is 5.91 Å². The van der Waals surface area contributed by atoms with Crippen molar-refractivity contribution in [3.05, 3.63) is 88.0 Å². The quantitative estimate of drug-likeness (QED) is 0.0291. The van der Waals surface area contributed by atoms with Gasteiger partial charge in [0.25, 0.3) is 5.69 Å². The first kappa shape index (κ1) is 38.6. The van der Waals surface area contributed by atoms with E-state index in [9.17, 15) is 29.1 Å². The van der Waals surface area contributed by atoms with Crippen molar-refractivity contribution in [3.8, 4) is 11.1 Å². The predicted octanol–water partition coefficient (Wildman–Crippen LogP) is 4.07.